The van der Waals surface area contributed by atoms with Gasteiger partial charge in [-0.1, -0.05) is 12.8 Å². The lowest BCUT2D eigenvalue weighted by Crippen LogP contribution is -2.39. The van der Waals surface area contributed by atoms with Crippen LogP contribution in [0.5, 0.6) is 0 Å². The van der Waals surface area contributed by atoms with E-state index in [4.69, 9.17) is 0 Å². The van der Waals surface area contributed by atoms with Gasteiger partial charge in [0.15, 0.2) is 0 Å². The summed E-state index contributed by atoms with van der Waals surface area (Å²) < 4.78 is 0. The molecule has 0 aromatic rings. The number of hydrogen-bond donors (Lipinski definition) is 2. The van der Waals surface area contributed by atoms with Crippen LogP contribution in [0.1, 0.15) is 44.9 Å². The zero-order chi connectivity index (χ0) is 9.10. The molecule has 0 aliphatic heterocycles. The Labute approximate surface area is 80.7 Å². The van der Waals surface area contributed by atoms with Gasteiger partial charge in [-0.05, 0) is 44.6 Å². The summed E-state index contributed by atoms with van der Waals surface area (Å²) in [7, 11) is 0. The molecule has 2 aliphatic rings. The third-order valence-electron chi connectivity index (χ3n) is 3.56. The summed E-state index contributed by atoms with van der Waals surface area (Å²) in [6.45, 7) is 1.14. The van der Waals surface area contributed by atoms with Crippen molar-refractivity contribution in [3.63, 3.8) is 0 Å². The highest BCUT2D eigenvalue weighted by Crippen LogP contribution is 2.25. The highest BCUT2D eigenvalue weighted by atomic mass is 16.3. The van der Waals surface area contributed by atoms with E-state index in [0.717, 1.165) is 31.3 Å². The summed E-state index contributed by atoms with van der Waals surface area (Å²) in [5.74, 6) is 0.740. The van der Waals surface area contributed by atoms with Crippen LogP contribution in [-0.4, -0.2) is 23.8 Å². The first-order valence-corrected chi connectivity index (χ1v) is 5.76. The van der Waals surface area contributed by atoms with E-state index in [2.05, 4.69) is 5.32 Å². The van der Waals surface area contributed by atoms with Crippen LogP contribution in [0.3, 0.4) is 0 Å². The minimum atomic E-state index is -0.0121. The average Bonchev–Trinajstić information content (AvgIpc) is 2.01. The fourth-order valence-electron chi connectivity index (χ4n) is 2.39. The van der Waals surface area contributed by atoms with Gasteiger partial charge in [-0.25, -0.2) is 0 Å². The number of nitrogens with one attached hydrogen (secondary N) is 1. The van der Waals surface area contributed by atoms with Crippen LogP contribution in [0, 0.1) is 5.92 Å². The van der Waals surface area contributed by atoms with Crippen molar-refractivity contribution in [3.8, 4) is 0 Å². The van der Waals surface area contributed by atoms with E-state index in [1.165, 1.54) is 32.1 Å². The van der Waals surface area contributed by atoms with Gasteiger partial charge in [-0.2, -0.15) is 0 Å². The molecule has 0 bridgehead atoms. The molecule has 2 atom stereocenters. The molecule has 2 heteroatoms. The van der Waals surface area contributed by atoms with E-state index in [9.17, 15) is 5.11 Å². The third-order valence-corrected chi connectivity index (χ3v) is 3.56. The molecule has 0 heterocycles. The molecule has 0 amide bonds. The summed E-state index contributed by atoms with van der Waals surface area (Å²) >= 11 is 0. The summed E-state index contributed by atoms with van der Waals surface area (Å²) in [6, 6.07) is 0.805. The van der Waals surface area contributed by atoms with Gasteiger partial charge < -0.3 is 10.4 Å². The normalized spacial score (nSPS) is 35.8. The van der Waals surface area contributed by atoms with Gasteiger partial charge in [0.25, 0.3) is 0 Å². The van der Waals surface area contributed by atoms with Crippen molar-refractivity contribution in [2.45, 2.75) is 57.1 Å². The summed E-state index contributed by atoms with van der Waals surface area (Å²) in [5, 5.41) is 13.1. The van der Waals surface area contributed by atoms with Gasteiger partial charge >= 0.3 is 0 Å². The molecule has 2 N–H and O–H groups in total. The molecule has 2 saturated carbocycles. The number of rotatable bonds is 3. The van der Waals surface area contributed by atoms with Crippen LogP contribution in [0.4, 0.5) is 0 Å². The van der Waals surface area contributed by atoms with Crippen molar-refractivity contribution >= 4 is 0 Å². The Morgan fingerprint density at radius 3 is 2.46 bits per heavy atom. The lowest BCUT2D eigenvalue weighted by molar-refractivity contribution is 0.0982. The molecule has 2 aliphatic carbocycles. The van der Waals surface area contributed by atoms with Gasteiger partial charge in [0.2, 0.25) is 0 Å². The van der Waals surface area contributed by atoms with Crippen molar-refractivity contribution in [2.75, 3.05) is 6.54 Å². The first-order chi connectivity index (χ1) is 6.34. The lowest BCUT2D eigenvalue weighted by atomic mass is 9.86. The van der Waals surface area contributed by atoms with Crippen LogP contribution in [0.25, 0.3) is 0 Å². The lowest BCUT2D eigenvalue weighted by Gasteiger charge is -2.31. The zero-order valence-electron chi connectivity index (χ0n) is 8.34. The first kappa shape index (κ1) is 9.47. The molecule has 0 spiro atoms. The number of aliphatic hydroxyl groups excluding tert-OH is 1. The molecule has 2 nitrogen and oxygen atoms in total. The Balaban J connectivity index is 1.62. The van der Waals surface area contributed by atoms with Crippen molar-refractivity contribution in [3.05, 3.63) is 0 Å². The minimum absolute atomic E-state index is 0.0121. The Bertz CT molecular complexity index is 156. The van der Waals surface area contributed by atoms with E-state index in [1.54, 1.807) is 0 Å². The molecule has 0 aromatic carbocycles. The average molecular weight is 183 g/mol. The highest BCUT2D eigenvalue weighted by Gasteiger charge is 2.22. The second-order valence-electron chi connectivity index (χ2n) is 4.72. The van der Waals surface area contributed by atoms with Crippen LogP contribution in [0.15, 0.2) is 0 Å². The van der Waals surface area contributed by atoms with Gasteiger partial charge in [0.05, 0.1) is 6.10 Å². The third kappa shape index (κ3) is 2.68. The van der Waals surface area contributed by atoms with E-state index in [1.807, 2.05) is 0 Å². The zero-order valence-corrected chi connectivity index (χ0v) is 8.34. The predicted octanol–water partition coefficient (Wildman–Crippen LogP) is 1.68. The molecule has 0 aromatic heterocycles. The van der Waals surface area contributed by atoms with Gasteiger partial charge in [-0.15, -0.1) is 0 Å². The molecule has 0 radical (unpaired) electrons. The molecule has 0 saturated heterocycles. The molecule has 2 fully saturated rings. The second-order valence-corrected chi connectivity index (χ2v) is 4.72. The Hall–Kier alpha value is -0.0800. The maximum atomic E-state index is 9.49. The molecule has 13 heavy (non-hydrogen) atoms. The van der Waals surface area contributed by atoms with Crippen LogP contribution in [0.2, 0.25) is 0 Å². The Morgan fingerprint density at radius 2 is 1.85 bits per heavy atom. The standard InChI is InChI=1S/C11H21NO/c13-11-6-1-3-9(7-11)8-12-10-4-2-5-10/h9-13H,1-8H2. The maximum Gasteiger partial charge on any atom is 0.0543 e. The topological polar surface area (TPSA) is 32.3 Å². The summed E-state index contributed by atoms with van der Waals surface area (Å²) in [5.41, 5.74) is 0. The van der Waals surface area contributed by atoms with E-state index >= 15 is 0 Å². The highest BCUT2D eigenvalue weighted by molar-refractivity contribution is 4.80. The fourth-order valence-corrected chi connectivity index (χ4v) is 2.39. The Kier molecular flexibility index (Phi) is 3.23. The summed E-state index contributed by atoms with van der Waals surface area (Å²) in [4.78, 5) is 0. The monoisotopic (exact) mass is 183 g/mol. The molecular formula is C11H21NO. The first-order valence-electron chi connectivity index (χ1n) is 5.76. The molecule has 2 unspecified atom stereocenters. The van der Waals surface area contributed by atoms with Crippen LogP contribution in [-0.2, 0) is 0 Å². The summed E-state index contributed by atoms with van der Waals surface area (Å²) in [6.07, 6.45) is 8.73. The van der Waals surface area contributed by atoms with Crippen LogP contribution < -0.4 is 5.32 Å². The molecular weight excluding hydrogens is 162 g/mol. The largest absolute Gasteiger partial charge is 0.393 e. The van der Waals surface area contributed by atoms with E-state index in [-0.39, 0.29) is 6.10 Å². The van der Waals surface area contributed by atoms with Gasteiger partial charge in [-0.3, -0.25) is 0 Å². The van der Waals surface area contributed by atoms with Crippen molar-refractivity contribution < 1.29 is 5.11 Å². The van der Waals surface area contributed by atoms with Crippen molar-refractivity contribution in [2.24, 2.45) is 5.92 Å². The fraction of sp³-hybridized carbons (Fsp3) is 1.00. The van der Waals surface area contributed by atoms with Crippen molar-refractivity contribution in [1.82, 2.24) is 5.32 Å². The Morgan fingerprint density at radius 1 is 1.08 bits per heavy atom. The van der Waals surface area contributed by atoms with Gasteiger partial charge in [0, 0.05) is 6.04 Å². The number of hydrogen-bond acceptors (Lipinski definition) is 2. The van der Waals surface area contributed by atoms with Crippen LogP contribution >= 0.6 is 0 Å². The quantitative estimate of drug-likeness (QED) is 0.697. The molecule has 2 rings (SSSR count). The predicted molar refractivity (Wildman–Crippen MR) is 53.6 cm³/mol. The van der Waals surface area contributed by atoms with Gasteiger partial charge in [0.1, 0.15) is 0 Å². The van der Waals surface area contributed by atoms with E-state index < -0.39 is 0 Å². The second kappa shape index (κ2) is 4.43. The molecule has 76 valence electrons. The SMILES string of the molecule is OC1CCCC(CNC2CCC2)C1. The van der Waals surface area contributed by atoms with E-state index in [0.29, 0.717) is 0 Å². The number of aliphatic hydroxyl groups is 1. The smallest absolute Gasteiger partial charge is 0.0543 e. The minimum Gasteiger partial charge on any atom is -0.393 e. The van der Waals surface area contributed by atoms with Crippen molar-refractivity contribution in [1.29, 1.82) is 0 Å². The maximum absolute atomic E-state index is 9.49.